The summed E-state index contributed by atoms with van der Waals surface area (Å²) in [7, 11) is 0. The summed E-state index contributed by atoms with van der Waals surface area (Å²) in [4.78, 5) is 29.9. The Labute approximate surface area is 168 Å². The Kier molecular flexibility index (Phi) is 7.26. The average Bonchev–Trinajstić information content (AvgIpc) is 2.96. The van der Waals surface area contributed by atoms with E-state index in [2.05, 4.69) is 11.8 Å². The van der Waals surface area contributed by atoms with Crippen LogP contribution < -0.4 is 0 Å². The summed E-state index contributed by atoms with van der Waals surface area (Å²) >= 11 is 0. The first-order valence-electron chi connectivity index (χ1n) is 10.6. The number of benzene rings is 1. The van der Waals surface area contributed by atoms with Crippen LogP contribution in [0.2, 0.25) is 0 Å². The van der Waals surface area contributed by atoms with Crippen molar-refractivity contribution >= 4 is 17.4 Å². The molecule has 5 heteroatoms. The molecule has 28 heavy (non-hydrogen) atoms. The van der Waals surface area contributed by atoms with Crippen LogP contribution in [0.15, 0.2) is 30.0 Å². The molecule has 3 rings (SSSR count). The Hall–Kier alpha value is -2.14. The number of likely N-dealkylation sites (tertiary alicyclic amines) is 1. The fraction of sp³-hybridized carbons (Fsp3) is 0.565. The molecule has 0 radical (unpaired) electrons. The number of piperidine rings is 1. The maximum Gasteiger partial charge on any atom is 0.277 e. The number of rotatable bonds is 9. The lowest BCUT2D eigenvalue weighted by Gasteiger charge is -2.29. The monoisotopic (exact) mass is 384 g/mol. The third kappa shape index (κ3) is 4.64. The number of amides is 2. The highest BCUT2D eigenvalue weighted by Gasteiger charge is 2.41. The minimum Gasteiger partial charge on any atom is -0.381 e. The second-order valence-electron chi connectivity index (χ2n) is 7.72. The zero-order valence-corrected chi connectivity index (χ0v) is 17.2. The molecule has 0 spiro atoms. The van der Waals surface area contributed by atoms with E-state index >= 15 is 0 Å². The standard InChI is InChI=1S/C23H32N2O3/c1-3-4-16-28-17-8-15-25-22(26)20(19-11-9-18(2)10-12-19)21(23(25)27)24-13-6-5-7-14-24/h9-12H,3-8,13-17H2,1-2H3. The number of hydrogen-bond acceptors (Lipinski definition) is 4. The number of hydrogen-bond donors (Lipinski definition) is 0. The lowest BCUT2D eigenvalue weighted by molar-refractivity contribution is -0.137. The maximum atomic E-state index is 13.2. The van der Waals surface area contributed by atoms with E-state index in [0.717, 1.165) is 56.5 Å². The molecule has 2 amide bonds. The summed E-state index contributed by atoms with van der Waals surface area (Å²) in [6, 6.07) is 7.91. The summed E-state index contributed by atoms with van der Waals surface area (Å²) in [6.45, 7) is 7.58. The Balaban J connectivity index is 1.77. The van der Waals surface area contributed by atoms with Crippen LogP contribution in [0.25, 0.3) is 5.57 Å². The predicted molar refractivity (Wildman–Crippen MR) is 111 cm³/mol. The maximum absolute atomic E-state index is 13.2. The molecule has 0 atom stereocenters. The molecule has 0 saturated carbocycles. The zero-order chi connectivity index (χ0) is 19.9. The van der Waals surface area contributed by atoms with Crippen molar-refractivity contribution in [2.75, 3.05) is 32.8 Å². The first-order chi connectivity index (χ1) is 13.6. The molecule has 2 heterocycles. The van der Waals surface area contributed by atoms with Crippen LogP contribution in [0, 0.1) is 6.92 Å². The molecule has 0 aromatic heterocycles. The van der Waals surface area contributed by atoms with Gasteiger partial charge in [-0.25, -0.2) is 0 Å². The molecular weight excluding hydrogens is 352 g/mol. The zero-order valence-electron chi connectivity index (χ0n) is 17.2. The van der Waals surface area contributed by atoms with Crippen LogP contribution in [-0.2, 0) is 14.3 Å². The Morgan fingerprint density at radius 3 is 2.29 bits per heavy atom. The van der Waals surface area contributed by atoms with Crippen molar-refractivity contribution in [2.24, 2.45) is 0 Å². The Morgan fingerprint density at radius 1 is 0.929 bits per heavy atom. The van der Waals surface area contributed by atoms with E-state index in [1.165, 1.54) is 11.3 Å². The van der Waals surface area contributed by atoms with Gasteiger partial charge in [0.15, 0.2) is 0 Å². The van der Waals surface area contributed by atoms with Crippen molar-refractivity contribution < 1.29 is 14.3 Å². The molecule has 2 aliphatic rings. The van der Waals surface area contributed by atoms with E-state index in [4.69, 9.17) is 4.74 Å². The number of nitrogens with zero attached hydrogens (tertiary/aromatic N) is 2. The van der Waals surface area contributed by atoms with E-state index in [-0.39, 0.29) is 11.8 Å². The molecule has 5 nitrogen and oxygen atoms in total. The quantitative estimate of drug-likeness (QED) is 0.480. The topological polar surface area (TPSA) is 49.9 Å². The Morgan fingerprint density at radius 2 is 1.61 bits per heavy atom. The third-order valence-electron chi connectivity index (χ3n) is 5.47. The number of unbranched alkanes of at least 4 members (excludes halogenated alkanes) is 1. The number of carbonyl (C=O) groups excluding carboxylic acids is 2. The van der Waals surface area contributed by atoms with Crippen LogP contribution >= 0.6 is 0 Å². The van der Waals surface area contributed by atoms with E-state index in [1.54, 1.807) is 0 Å². The molecule has 152 valence electrons. The first-order valence-corrected chi connectivity index (χ1v) is 10.6. The van der Waals surface area contributed by atoms with Gasteiger partial charge in [-0.2, -0.15) is 0 Å². The predicted octanol–water partition coefficient (Wildman–Crippen LogP) is 3.77. The van der Waals surface area contributed by atoms with Gasteiger partial charge in [0.1, 0.15) is 5.70 Å². The number of carbonyl (C=O) groups is 2. The Bertz CT molecular complexity index is 718. The van der Waals surface area contributed by atoms with Gasteiger partial charge in [0.2, 0.25) is 0 Å². The smallest absolute Gasteiger partial charge is 0.277 e. The van der Waals surface area contributed by atoms with Crippen molar-refractivity contribution in [3.63, 3.8) is 0 Å². The molecule has 0 N–H and O–H groups in total. The van der Waals surface area contributed by atoms with E-state index in [9.17, 15) is 9.59 Å². The minimum absolute atomic E-state index is 0.143. The molecule has 1 saturated heterocycles. The first kappa shape index (κ1) is 20.6. The van der Waals surface area contributed by atoms with Crippen molar-refractivity contribution in [1.82, 2.24) is 9.80 Å². The van der Waals surface area contributed by atoms with E-state index in [1.807, 2.05) is 31.2 Å². The summed E-state index contributed by atoms with van der Waals surface area (Å²) in [6.07, 6.45) is 6.14. The van der Waals surface area contributed by atoms with E-state index in [0.29, 0.717) is 30.8 Å². The normalized spacial score (nSPS) is 17.8. The highest BCUT2D eigenvalue weighted by molar-refractivity contribution is 6.35. The summed E-state index contributed by atoms with van der Waals surface area (Å²) < 4.78 is 5.60. The SMILES string of the molecule is CCCCOCCCN1C(=O)C(c2ccc(C)cc2)=C(N2CCCCC2)C1=O. The van der Waals surface area contributed by atoms with Crippen molar-refractivity contribution in [3.8, 4) is 0 Å². The van der Waals surface area contributed by atoms with Crippen LogP contribution in [0.3, 0.4) is 0 Å². The van der Waals surface area contributed by atoms with Gasteiger partial charge in [0.05, 0.1) is 5.57 Å². The van der Waals surface area contributed by atoms with Gasteiger partial charge in [-0.1, -0.05) is 43.2 Å². The summed E-state index contributed by atoms with van der Waals surface area (Å²) in [5.41, 5.74) is 3.15. The largest absolute Gasteiger partial charge is 0.381 e. The van der Waals surface area contributed by atoms with Gasteiger partial charge in [0, 0.05) is 32.8 Å². The molecule has 2 aliphatic heterocycles. The fourth-order valence-corrected chi connectivity index (χ4v) is 3.83. The molecule has 1 fully saturated rings. The number of aryl methyl sites for hydroxylation is 1. The van der Waals surface area contributed by atoms with Crippen LogP contribution in [0.1, 0.15) is 56.6 Å². The molecule has 0 unspecified atom stereocenters. The van der Waals surface area contributed by atoms with Gasteiger partial charge in [-0.15, -0.1) is 0 Å². The summed E-state index contributed by atoms with van der Waals surface area (Å²) in [5.74, 6) is -0.306. The van der Waals surface area contributed by atoms with Crippen LogP contribution in [0.4, 0.5) is 0 Å². The van der Waals surface area contributed by atoms with Gasteiger partial charge in [-0.3, -0.25) is 14.5 Å². The van der Waals surface area contributed by atoms with Gasteiger partial charge >= 0.3 is 0 Å². The van der Waals surface area contributed by atoms with Crippen LogP contribution in [-0.4, -0.2) is 54.5 Å². The lowest BCUT2D eigenvalue weighted by Crippen LogP contribution is -2.37. The minimum atomic E-state index is -0.164. The second-order valence-corrected chi connectivity index (χ2v) is 7.72. The van der Waals surface area contributed by atoms with Gasteiger partial charge in [-0.05, 0) is 44.6 Å². The third-order valence-corrected chi connectivity index (χ3v) is 5.47. The molecule has 0 bridgehead atoms. The molecule has 0 aliphatic carbocycles. The van der Waals surface area contributed by atoms with Gasteiger partial charge < -0.3 is 9.64 Å². The molecular formula is C23H32N2O3. The van der Waals surface area contributed by atoms with E-state index < -0.39 is 0 Å². The van der Waals surface area contributed by atoms with Crippen molar-refractivity contribution in [1.29, 1.82) is 0 Å². The lowest BCUT2D eigenvalue weighted by atomic mass is 10.0. The van der Waals surface area contributed by atoms with Crippen molar-refractivity contribution in [2.45, 2.75) is 52.4 Å². The highest BCUT2D eigenvalue weighted by atomic mass is 16.5. The summed E-state index contributed by atoms with van der Waals surface area (Å²) in [5, 5.41) is 0. The van der Waals surface area contributed by atoms with Gasteiger partial charge in [0.25, 0.3) is 11.8 Å². The van der Waals surface area contributed by atoms with Crippen molar-refractivity contribution in [3.05, 3.63) is 41.1 Å². The fourth-order valence-electron chi connectivity index (χ4n) is 3.83. The molecule has 1 aromatic rings. The second kappa shape index (κ2) is 9.87. The molecule has 1 aromatic carbocycles. The number of imide groups is 1. The van der Waals surface area contributed by atoms with Crippen LogP contribution in [0.5, 0.6) is 0 Å². The number of ether oxygens (including phenoxy) is 1. The highest BCUT2D eigenvalue weighted by Crippen LogP contribution is 2.33. The average molecular weight is 385 g/mol.